The van der Waals surface area contributed by atoms with Gasteiger partial charge >= 0.3 is 0 Å². The van der Waals surface area contributed by atoms with Crippen molar-refractivity contribution in [1.82, 2.24) is 0 Å². The lowest BCUT2D eigenvalue weighted by molar-refractivity contribution is 0.101. The Balaban J connectivity index is 3.19. The van der Waals surface area contributed by atoms with Crippen LogP contribution in [0.2, 0.25) is 0 Å². The third kappa shape index (κ3) is 2.08. The Morgan fingerprint density at radius 2 is 1.92 bits per heavy atom. The van der Waals surface area contributed by atoms with E-state index in [1.54, 1.807) is 6.92 Å². The van der Waals surface area contributed by atoms with Crippen molar-refractivity contribution in [3.63, 3.8) is 0 Å². The Morgan fingerprint density at radius 1 is 1.31 bits per heavy atom. The molecule has 0 N–H and O–H groups in total. The Bertz CT molecular complexity index is 329. The van der Waals surface area contributed by atoms with Crippen molar-refractivity contribution in [2.24, 2.45) is 0 Å². The molecule has 0 bridgehead atoms. The van der Waals surface area contributed by atoms with E-state index in [9.17, 15) is 4.79 Å². The van der Waals surface area contributed by atoms with E-state index in [4.69, 9.17) is 0 Å². The summed E-state index contributed by atoms with van der Waals surface area (Å²) in [6, 6.07) is 5.77. The number of Topliss-reactive ketones (excluding diaryl/α,β-unsaturated/α-hetero) is 1. The van der Waals surface area contributed by atoms with Gasteiger partial charge in [0, 0.05) is 25.3 Å². The molecule has 0 saturated carbocycles. The summed E-state index contributed by atoms with van der Waals surface area (Å²) in [6.07, 6.45) is 0. The lowest BCUT2D eigenvalue weighted by Crippen LogP contribution is -2.11. The van der Waals surface area contributed by atoms with Crippen molar-refractivity contribution in [2.45, 2.75) is 13.8 Å². The highest BCUT2D eigenvalue weighted by Crippen LogP contribution is 2.19. The molecule has 13 heavy (non-hydrogen) atoms. The number of ketones is 1. The van der Waals surface area contributed by atoms with Crippen molar-refractivity contribution in [3.05, 3.63) is 29.3 Å². The van der Waals surface area contributed by atoms with Gasteiger partial charge in [-0.15, -0.1) is 0 Å². The number of hydrogen-bond acceptors (Lipinski definition) is 2. The fraction of sp³-hybridized carbons (Fsp3) is 0.364. The van der Waals surface area contributed by atoms with Crippen LogP contribution in [0.15, 0.2) is 18.2 Å². The predicted octanol–water partition coefficient (Wildman–Crippen LogP) is 2.26. The number of hydrogen-bond donors (Lipinski definition) is 0. The second-order valence-electron chi connectivity index (χ2n) is 3.45. The number of anilines is 1. The quantitative estimate of drug-likeness (QED) is 0.646. The monoisotopic (exact) mass is 177 g/mol. The third-order valence-electron chi connectivity index (χ3n) is 2.10. The molecule has 0 fully saturated rings. The molecule has 0 aliphatic carbocycles. The smallest absolute Gasteiger partial charge is 0.159 e. The first kappa shape index (κ1) is 9.78. The Hall–Kier alpha value is -1.31. The predicted molar refractivity (Wildman–Crippen MR) is 55.5 cm³/mol. The zero-order valence-corrected chi connectivity index (χ0v) is 8.59. The molecule has 0 aromatic heterocycles. The van der Waals surface area contributed by atoms with E-state index >= 15 is 0 Å². The van der Waals surface area contributed by atoms with E-state index < -0.39 is 0 Å². The molecule has 0 heterocycles. The molecule has 70 valence electrons. The van der Waals surface area contributed by atoms with E-state index in [0.29, 0.717) is 0 Å². The van der Waals surface area contributed by atoms with Crippen LogP contribution in [0.25, 0.3) is 0 Å². The summed E-state index contributed by atoms with van der Waals surface area (Å²) >= 11 is 0. The van der Waals surface area contributed by atoms with Gasteiger partial charge < -0.3 is 4.90 Å². The number of carbonyl (C=O) groups excluding carboxylic acids is 1. The molecule has 0 unspecified atom stereocenters. The van der Waals surface area contributed by atoms with Crippen LogP contribution in [-0.2, 0) is 0 Å². The SMILES string of the molecule is CC(=O)c1ccc(C)c(N(C)C)c1. The van der Waals surface area contributed by atoms with Crippen LogP contribution < -0.4 is 4.90 Å². The lowest BCUT2D eigenvalue weighted by Gasteiger charge is -2.16. The van der Waals surface area contributed by atoms with E-state index in [-0.39, 0.29) is 5.78 Å². The molecule has 0 radical (unpaired) electrons. The van der Waals surface area contributed by atoms with Gasteiger partial charge in [-0.2, -0.15) is 0 Å². The van der Waals surface area contributed by atoms with Gasteiger partial charge in [0.2, 0.25) is 0 Å². The zero-order chi connectivity index (χ0) is 10.0. The first-order chi connectivity index (χ1) is 6.02. The molecule has 0 saturated heterocycles. The molecule has 1 aromatic carbocycles. The molecule has 0 amide bonds. The maximum Gasteiger partial charge on any atom is 0.159 e. The average molecular weight is 177 g/mol. The van der Waals surface area contributed by atoms with Crippen LogP contribution in [0.4, 0.5) is 5.69 Å². The Kier molecular flexibility index (Phi) is 2.71. The van der Waals surface area contributed by atoms with Gasteiger partial charge in [0.05, 0.1) is 0 Å². The maximum absolute atomic E-state index is 11.1. The Labute approximate surface area is 79.2 Å². The summed E-state index contributed by atoms with van der Waals surface area (Å²) in [4.78, 5) is 13.1. The van der Waals surface area contributed by atoms with Crippen LogP contribution in [-0.4, -0.2) is 19.9 Å². The minimum Gasteiger partial charge on any atom is -0.377 e. The van der Waals surface area contributed by atoms with Gasteiger partial charge in [0.1, 0.15) is 0 Å². The molecule has 0 spiro atoms. The minimum atomic E-state index is 0.114. The highest BCUT2D eigenvalue weighted by atomic mass is 16.1. The highest BCUT2D eigenvalue weighted by Gasteiger charge is 2.04. The van der Waals surface area contributed by atoms with Crippen LogP contribution in [0.5, 0.6) is 0 Å². The van der Waals surface area contributed by atoms with E-state index in [2.05, 4.69) is 0 Å². The van der Waals surface area contributed by atoms with Gasteiger partial charge in [-0.05, 0) is 25.5 Å². The second-order valence-corrected chi connectivity index (χ2v) is 3.45. The van der Waals surface area contributed by atoms with Crippen molar-refractivity contribution in [3.8, 4) is 0 Å². The molecule has 0 aliphatic heterocycles. The number of rotatable bonds is 2. The van der Waals surface area contributed by atoms with Crippen molar-refractivity contribution in [2.75, 3.05) is 19.0 Å². The summed E-state index contributed by atoms with van der Waals surface area (Å²) < 4.78 is 0. The molecule has 0 aliphatic rings. The van der Waals surface area contributed by atoms with E-state index in [0.717, 1.165) is 11.3 Å². The second kappa shape index (κ2) is 3.60. The maximum atomic E-state index is 11.1. The molecule has 2 heteroatoms. The van der Waals surface area contributed by atoms with E-state index in [1.165, 1.54) is 5.56 Å². The summed E-state index contributed by atoms with van der Waals surface area (Å²) in [5.74, 6) is 0.114. The highest BCUT2D eigenvalue weighted by molar-refractivity contribution is 5.95. The van der Waals surface area contributed by atoms with Crippen LogP contribution in [0, 0.1) is 6.92 Å². The van der Waals surface area contributed by atoms with Crippen LogP contribution in [0.1, 0.15) is 22.8 Å². The normalized spacial score (nSPS) is 9.85. The molecular formula is C11H15NO. The van der Waals surface area contributed by atoms with Gasteiger partial charge in [0.15, 0.2) is 5.78 Å². The molecule has 0 atom stereocenters. The van der Waals surface area contributed by atoms with Crippen molar-refractivity contribution >= 4 is 11.5 Å². The standard InChI is InChI=1S/C11H15NO/c1-8-5-6-10(9(2)13)7-11(8)12(3)4/h5-7H,1-4H3. The number of benzene rings is 1. The molecule has 1 aromatic rings. The van der Waals surface area contributed by atoms with Gasteiger partial charge in [-0.1, -0.05) is 12.1 Å². The summed E-state index contributed by atoms with van der Waals surface area (Å²) in [6.45, 7) is 3.63. The minimum absolute atomic E-state index is 0.114. The Morgan fingerprint density at radius 3 is 2.38 bits per heavy atom. The first-order valence-corrected chi connectivity index (χ1v) is 4.31. The third-order valence-corrected chi connectivity index (χ3v) is 2.10. The number of aryl methyl sites for hydroxylation is 1. The lowest BCUT2D eigenvalue weighted by atomic mass is 10.1. The first-order valence-electron chi connectivity index (χ1n) is 4.31. The van der Waals surface area contributed by atoms with Crippen molar-refractivity contribution < 1.29 is 4.79 Å². The van der Waals surface area contributed by atoms with E-state index in [1.807, 2.05) is 44.1 Å². The van der Waals surface area contributed by atoms with Crippen LogP contribution >= 0.6 is 0 Å². The van der Waals surface area contributed by atoms with Gasteiger partial charge in [-0.3, -0.25) is 4.79 Å². The molecular weight excluding hydrogens is 162 g/mol. The number of nitrogens with zero attached hydrogens (tertiary/aromatic N) is 1. The average Bonchev–Trinajstić information content (AvgIpc) is 2.04. The fourth-order valence-electron chi connectivity index (χ4n) is 1.31. The summed E-state index contributed by atoms with van der Waals surface area (Å²) in [5, 5.41) is 0. The fourth-order valence-corrected chi connectivity index (χ4v) is 1.31. The van der Waals surface area contributed by atoms with Gasteiger partial charge in [-0.25, -0.2) is 0 Å². The van der Waals surface area contributed by atoms with Crippen LogP contribution in [0.3, 0.4) is 0 Å². The largest absolute Gasteiger partial charge is 0.377 e. The molecule has 2 nitrogen and oxygen atoms in total. The summed E-state index contributed by atoms with van der Waals surface area (Å²) in [5.41, 5.74) is 3.07. The molecule has 1 rings (SSSR count). The summed E-state index contributed by atoms with van der Waals surface area (Å²) in [7, 11) is 3.96. The topological polar surface area (TPSA) is 20.3 Å². The zero-order valence-electron chi connectivity index (χ0n) is 8.59. The van der Waals surface area contributed by atoms with Gasteiger partial charge in [0.25, 0.3) is 0 Å². The van der Waals surface area contributed by atoms with Crippen molar-refractivity contribution in [1.29, 1.82) is 0 Å². The number of carbonyl (C=O) groups is 1.